The predicted molar refractivity (Wildman–Crippen MR) is 80.9 cm³/mol. The van der Waals surface area contributed by atoms with E-state index in [4.69, 9.17) is 17.3 Å². The number of nitrogens with two attached hydrogens (primary N) is 1. The van der Waals surface area contributed by atoms with Gasteiger partial charge in [0.05, 0.1) is 11.6 Å². The van der Waals surface area contributed by atoms with Gasteiger partial charge in [0.15, 0.2) is 0 Å². The minimum Gasteiger partial charge on any atom is -0.352 e. The highest BCUT2D eigenvalue weighted by Gasteiger charge is 2.24. The Morgan fingerprint density at radius 3 is 2.59 bits per heavy atom. The lowest BCUT2D eigenvalue weighted by Crippen LogP contribution is -2.35. The lowest BCUT2D eigenvalue weighted by atomic mass is 10.2. The Balaban J connectivity index is 2.21. The molecular weight excluding hydrogens is 330 g/mol. The molecule has 0 aliphatic heterocycles. The molecule has 7 nitrogen and oxygen atoms in total. The maximum Gasteiger partial charge on any atom is 0.265 e. The summed E-state index contributed by atoms with van der Waals surface area (Å²) in [5, 5.41) is 2.64. The number of sulfonamides is 1. The van der Waals surface area contributed by atoms with E-state index in [1.54, 1.807) is 4.72 Å². The molecule has 9 heteroatoms. The van der Waals surface area contributed by atoms with Crippen LogP contribution in [0.25, 0.3) is 0 Å². The molecule has 1 fully saturated rings. The summed E-state index contributed by atoms with van der Waals surface area (Å²) in [6, 6.07) is 3.86. The fraction of sp³-hybridized carbons (Fsp3) is 0.385. The highest BCUT2D eigenvalue weighted by atomic mass is 35.5. The van der Waals surface area contributed by atoms with Gasteiger partial charge in [0.2, 0.25) is 5.91 Å². The van der Waals surface area contributed by atoms with Gasteiger partial charge >= 0.3 is 0 Å². The van der Waals surface area contributed by atoms with Crippen LogP contribution in [0.2, 0.25) is 5.02 Å². The minimum absolute atomic E-state index is 0.0870. The van der Waals surface area contributed by atoms with Gasteiger partial charge in [-0.2, -0.15) is 0 Å². The number of hydrogen-bond acceptors (Lipinski definition) is 5. The van der Waals surface area contributed by atoms with Crippen LogP contribution in [-0.4, -0.2) is 33.3 Å². The first-order valence-corrected chi connectivity index (χ1v) is 8.53. The third-order valence-corrected chi connectivity index (χ3v) is 5.02. The van der Waals surface area contributed by atoms with E-state index in [0.717, 1.165) is 18.9 Å². The summed E-state index contributed by atoms with van der Waals surface area (Å²) in [7, 11) is -4.17. The smallest absolute Gasteiger partial charge is 0.265 e. The fourth-order valence-corrected chi connectivity index (χ4v) is 3.28. The number of nitrogens with one attached hydrogen (secondary N) is 2. The molecule has 2 amide bonds. The largest absolute Gasteiger partial charge is 0.352 e. The Morgan fingerprint density at radius 1 is 1.32 bits per heavy atom. The van der Waals surface area contributed by atoms with Crippen LogP contribution in [-0.2, 0) is 14.8 Å². The standard InChI is InChI=1S/C13H16ClN3O4S/c14-10-4-3-9(13(19)16-7-8-1-2-8)5-11(10)22(20,21)17-12(18)6-15/h3-5,8H,1-2,6-7,15H2,(H,16,19)(H,17,18). The molecule has 0 spiro atoms. The molecule has 0 atom stereocenters. The average Bonchev–Trinajstić information content (AvgIpc) is 3.28. The van der Waals surface area contributed by atoms with Gasteiger partial charge in [-0.05, 0) is 37.0 Å². The maximum atomic E-state index is 12.1. The van der Waals surface area contributed by atoms with Gasteiger partial charge in [-0.3, -0.25) is 9.59 Å². The molecular formula is C13H16ClN3O4S. The van der Waals surface area contributed by atoms with Crippen LogP contribution < -0.4 is 15.8 Å². The number of amides is 2. The Labute approximate surface area is 133 Å². The molecule has 1 aliphatic carbocycles. The monoisotopic (exact) mass is 345 g/mol. The molecule has 0 bridgehead atoms. The van der Waals surface area contributed by atoms with Crippen molar-refractivity contribution in [3.63, 3.8) is 0 Å². The van der Waals surface area contributed by atoms with Crippen molar-refractivity contribution >= 4 is 33.4 Å². The van der Waals surface area contributed by atoms with E-state index in [-0.39, 0.29) is 21.4 Å². The van der Waals surface area contributed by atoms with Crippen LogP contribution in [0.1, 0.15) is 23.2 Å². The lowest BCUT2D eigenvalue weighted by Gasteiger charge is -2.10. The second-order valence-electron chi connectivity index (χ2n) is 5.03. The Bertz CT molecular complexity index is 701. The summed E-state index contributed by atoms with van der Waals surface area (Å²) in [4.78, 5) is 22.8. The molecule has 1 saturated carbocycles. The summed E-state index contributed by atoms with van der Waals surface area (Å²) in [5.74, 6) is -0.742. The average molecular weight is 346 g/mol. The zero-order valence-corrected chi connectivity index (χ0v) is 13.2. The van der Waals surface area contributed by atoms with Crippen LogP contribution in [0.3, 0.4) is 0 Å². The van der Waals surface area contributed by atoms with E-state index in [1.165, 1.54) is 12.1 Å². The molecule has 4 N–H and O–H groups in total. The highest BCUT2D eigenvalue weighted by Crippen LogP contribution is 2.28. The second kappa shape index (κ2) is 6.64. The SMILES string of the molecule is NCC(=O)NS(=O)(=O)c1cc(C(=O)NCC2CC2)ccc1Cl. The molecule has 0 saturated heterocycles. The number of benzene rings is 1. The van der Waals surface area contributed by atoms with Gasteiger partial charge in [-0.25, -0.2) is 13.1 Å². The van der Waals surface area contributed by atoms with E-state index in [2.05, 4.69) is 5.32 Å². The number of rotatable bonds is 6. The van der Waals surface area contributed by atoms with Crippen LogP contribution in [0, 0.1) is 5.92 Å². The first kappa shape index (κ1) is 16.7. The fourth-order valence-electron chi connectivity index (χ4n) is 1.76. The minimum atomic E-state index is -4.17. The second-order valence-corrected chi connectivity index (χ2v) is 7.09. The zero-order valence-electron chi connectivity index (χ0n) is 11.6. The summed E-state index contributed by atoms with van der Waals surface area (Å²) in [5.41, 5.74) is 5.23. The molecule has 1 aliphatic rings. The topological polar surface area (TPSA) is 118 Å². The van der Waals surface area contributed by atoms with Gasteiger partial charge in [0.1, 0.15) is 4.90 Å². The zero-order chi connectivity index (χ0) is 16.3. The van der Waals surface area contributed by atoms with Crippen molar-refractivity contribution < 1.29 is 18.0 Å². The molecule has 1 aromatic rings. The van der Waals surface area contributed by atoms with E-state index >= 15 is 0 Å². The lowest BCUT2D eigenvalue weighted by molar-refractivity contribution is -0.118. The van der Waals surface area contributed by atoms with Gasteiger partial charge in [0, 0.05) is 12.1 Å². The van der Waals surface area contributed by atoms with Crippen molar-refractivity contribution in [1.82, 2.24) is 10.0 Å². The Hall–Kier alpha value is -1.64. The van der Waals surface area contributed by atoms with E-state index in [9.17, 15) is 18.0 Å². The normalized spacial score (nSPS) is 14.5. The predicted octanol–water partition coefficient (Wildman–Crippen LogP) is 0.243. The molecule has 1 aromatic carbocycles. The van der Waals surface area contributed by atoms with Gasteiger partial charge in [-0.1, -0.05) is 11.6 Å². The third-order valence-electron chi connectivity index (χ3n) is 3.16. The van der Waals surface area contributed by atoms with Crippen LogP contribution >= 0.6 is 11.6 Å². The van der Waals surface area contributed by atoms with Gasteiger partial charge < -0.3 is 11.1 Å². The van der Waals surface area contributed by atoms with Crippen molar-refractivity contribution in [3.8, 4) is 0 Å². The molecule has 2 rings (SSSR count). The van der Waals surface area contributed by atoms with E-state index in [1.807, 2.05) is 0 Å². The van der Waals surface area contributed by atoms with Crippen molar-refractivity contribution in [3.05, 3.63) is 28.8 Å². The molecule has 0 unspecified atom stereocenters. The first-order chi connectivity index (χ1) is 10.3. The summed E-state index contributed by atoms with van der Waals surface area (Å²) >= 11 is 5.86. The molecule has 0 heterocycles. The van der Waals surface area contributed by atoms with Crippen LogP contribution in [0.15, 0.2) is 23.1 Å². The maximum absolute atomic E-state index is 12.1. The van der Waals surface area contributed by atoms with Crippen molar-refractivity contribution in [1.29, 1.82) is 0 Å². The Morgan fingerprint density at radius 2 is 2.00 bits per heavy atom. The Kier molecular flexibility index (Phi) is 5.05. The van der Waals surface area contributed by atoms with Gasteiger partial charge in [0.25, 0.3) is 15.9 Å². The third kappa shape index (κ3) is 4.19. The number of carbonyl (C=O) groups excluding carboxylic acids is 2. The summed E-state index contributed by atoms with van der Waals surface area (Å²) < 4.78 is 25.9. The van der Waals surface area contributed by atoms with E-state index < -0.39 is 22.5 Å². The van der Waals surface area contributed by atoms with Gasteiger partial charge in [-0.15, -0.1) is 0 Å². The van der Waals surface area contributed by atoms with Crippen LogP contribution in [0.5, 0.6) is 0 Å². The molecule has 120 valence electrons. The number of halogens is 1. The van der Waals surface area contributed by atoms with E-state index in [0.29, 0.717) is 12.5 Å². The number of carbonyl (C=O) groups is 2. The highest BCUT2D eigenvalue weighted by molar-refractivity contribution is 7.90. The summed E-state index contributed by atoms with van der Waals surface area (Å²) in [6.45, 7) is 0.0892. The quantitative estimate of drug-likeness (QED) is 0.682. The molecule has 22 heavy (non-hydrogen) atoms. The molecule has 0 aromatic heterocycles. The van der Waals surface area contributed by atoms with Crippen molar-refractivity contribution in [2.24, 2.45) is 11.7 Å². The summed E-state index contributed by atoms with van der Waals surface area (Å²) in [6.07, 6.45) is 2.18. The number of hydrogen-bond donors (Lipinski definition) is 3. The van der Waals surface area contributed by atoms with Crippen molar-refractivity contribution in [2.45, 2.75) is 17.7 Å². The van der Waals surface area contributed by atoms with Crippen molar-refractivity contribution in [2.75, 3.05) is 13.1 Å². The molecule has 0 radical (unpaired) electrons. The van der Waals surface area contributed by atoms with Crippen LogP contribution in [0.4, 0.5) is 0 Å². The first-order valence-electron chi connectivity index (χ1n) is 6.67.